The normalized spacial score (nSPS) is 33.1. The van der Waals surface area contributed by atoms with Crippen LogP contribution in [0.2, 0.25) is 0 Å². The van der Waals surface area contributed by atoms with Crippen molar-refractivity contribution in [3.05, 3.63) is 40.0 Å². The van der Waals surface area contributed by atoms with Gasteiger partial charge in [0.1, 0.15) is 5.92 Å². The van der Waals surface area contributed by atoms with Gasteiger partial charge in [0.05, 0.1) is 23.3 Å². The zero-order valence-corrected chi connectivity index (χ0v) is 13.4. The third-order valence-corrected chi connectivity index (χ3v) is 4.98. The number of aliphatic carboxylic acids is 1. The van der Waals surface area contributed by atoms with Gasteiger partial charge in [0.2, 0.25) is 5.91 Å². The molecule has 0 saturated carbocycles. The van der Waals surface area contributed by atoms with Crippen LogP contribution in [0.5, 0.6) is 0 Å². The van der Waals surface area contributed by atoms with Crippen molar-refractivity contribution in [1.29, 1.82) is 0 Å². The molecule has 5 nitrogen and oxygen atoms in total. The molecule has 1 aromatic rings. The lowest BCUT2D eigenvalue weighted by Gasteiger charge is -2.28. The fourth-order valence-electron chi connectivity index (χ4n) is 3.05. The molecule has 0 aliphatic carbocycles. The predicted molar refractivity (Wildman–Crippen MR) is 84.8 cm³/mol. The first-order valence-electron chi connectivity index (χ1n) is 6.58. The lowest BCUT2D eigenvalue weighted by Crippen LogP contribution is -2.44. The molecular formula is C15H14INO4. The molecule has 6 heteroatoms. The van der Waals surface area contributed by atoms with Crippen LogP contribution in [-0.4, -0.2) is 28.7 Å². The molecule has 3 rings (SSSR count). The predicted octanol–water partition coefficient (Wildman–Crippen LogP) is 2.27. The van der Waals surface area contributed by atoms with Crippen LogP contribution in [0.25, 0.3) is 0 Å². The molecule has 110 valence electrons. The number of ether oxygens (including phenoxy) is 1. The molecule has 2 N–H and O–H groups in total. The molecule has 1 aromatic carbocycles. The van der Waals surface area contributed by atoms with Crippen LogP contribution in [0.1, 0.15) is 6.92 Å². The minimum Gasteiger partial charge on any atom is -0.481 e. The Morgan fingerprint density at radius 3 is 2.76 bits per heavy atom. The van der Waals surface area contributed by atoms with Crippen molar-refractivity contribution in [2.24, 2.45) is 11.8 Å². The van der Waals surface area contributed by atoms with Crippen LogP contribution in [0.15, 0.2) is 36.4 Å². The molecule has 0 radical (unpaired) electrons. The summed E-state index contributed by atoms with van der Waals surface area (Å²) in [6, 6.07) is 7.37. The summed E-state index contributed by atoms with van der Waals surface area (Å²) in [5, 5.41) is 12.2. The topological polar surface area (TPSA) is 75.6 Å². The van der Waals surface area contributed by atoms with E-state index in [-0.39, 0.29) is 5.91 Å². The summed E-state index contributed by atoms with van der Waals surface area (Å²) in [7, 11) is 0. The number of amides is 1. The van der Waals surface area contributed by atoms with Crippen molar-refractivity contribution in [2.45, 2.75) is 18.6 Å². The molecular weight excluding hydrogens is 385 g/mol. The Bertz CT molecular complexity index is 644. The lowest BCUT2D eigenvalue weighted by molar-refractivity contribution is -0.146. The maximum atomic E-state index is 12.6. The third-order valence-electron chi connectivity index (χ3n) is 4.04. The van der Waals surface area contributed by atoms with Crippen molar-refractivity contribution < 1.29 is 19.4 Å². The van der Waals surface area contributed by atoms with Crippen LogP contribution in [0.4, 0.5) is 5.69 Å². The van der Waals surface area contributed by atoms with E-state index in [4.69, 9.17) is 4.74 Å². The Kier molecular flexibility index (Phi) is 3.53. The number of para-hydroxylation sites is 1. The number of carboxylic acid groups (broad SMARTS) is 1. The van der Waals surface area contributed by atoms with E-state index in [1.807, 2.05) is 18.2 Å². The summed E-state index contributed by atoms with van der Waals surface area (Å²) in [4.78, 5) is 24.1. The largest absolute Gasteiger partial charge is 0.481 e. The number of hydrogen-bond donors (Lipinski definition) is 2. The van der Waals surface area contributed by atoms with Gasteiger partial charge in [-0.3, -0.25) is 9.59 Å². The molecule has 0 aromatic heterocycles. The van der Waals surface area contributed by atoms with Crippen molar-refractivity contribution in [1.82, 2.24) is 0 Å². The summed E-state index contributed by atoms with van der Waals surface area (Å²) < 4.78 is 6.58. The van der Waals surface area contributed by atoms with Crippen molar-refractivity contribution in [3.8, 4) is 0 Å². The summed E-state index contributed by atoms with van der Waals surface area (Å²) >= 11 is 2.13. The van der Waals surface area contributed by atoms with E-state index in [1.54, 1.807) is 25.1 Å². The Labute approximate surface area is 135 Å². The second-order valence-corrected chi connectivity index (χ2v) is 6.60. The van der Waals surface area contributed by atoms with Gasteiger partial charge < -0.3 is 15.2 Å². The van der Waals surface area contributed by atoms with Gasteiger partial charge in [-0.15, -0.1) is 0 Å². The quantitative estimate of drug-likeness (QED) is 0.604. The monoisotopic (exact) mass is 399 g/mol. The van der Waals surface area contributed by atoms with Crippen LogP contribution in [-0.2, 0) is 14.3 Å². The molecule has 0 unspecified atom stereocenters. The Morgan fingerprint density at radius 2 is 2.10 bits per heavy atom. The molecule has 2 heterocycles. The Hall–Kier alpha value is -1.41. The number of carbonyl (C=O) groups is 2. The standard InChI is InChI=1S/C15H14INO4/c1-15-7-6-10(21-15)11(14(19)20)12(15)13(18)17-9-5-3-2-4-8(9)16/h2-7,10-12H,1H3,(H,17,18)(H,19,20)/t10-,11+,12+,15+/m1/s1. The Balaban J connectivity index is 1.88. The van der Waals surface area contributed by atoms with Gasteiger partial charge in [0.25, 0.3) is 0 Å². The fourth-order valence-corrected chi connectivity index (χ4v) is 3.58. The number of halogens is 1. The molecule has 21 heavy (non-hydrogen) atoms. The Morgan fingerprint density at radius 1 is 1.38 bits per heavy atom. The van der Waals surface area contributed by atoms with Crippen LogP contribution in [0.3, 0.4) is 0 Å². The molecule has 2 aliphatic heterocycles. The highest BCUT2D eigenvalue weighted by Crippen LogP contribution is 2.47. The van der Waals surface area contributed by atoms with E-state index < -0.39 is 29.5 Å². The van der Waals surface area contributed by atoms with Gasteiger partial charge in [0, 0.05) is 3.57 Å². The summed E-state index contributed by atoms with van der Waals surface area (Å²) in [5.41, 5.74) is -0.166. The van der Waals surface area contributed by atoms with Crippen molar-refractivity contribution >= 4 is 40.2 Å². The van der Waals surface area contributed by atoms with E-state index in [1.165, 1.54) is 0 Å². The van der Waals surface area contributed by atoms with Crippen molar-refractivity contribution in [2.75, 3.05) is 5.32 Å². The molecule has 2 aliphatic rings. The van der Waals surface area contributed by atoms with Gasteiger partial charge >= 0.3 is 5.97 Å². The minimum absolute atomic E-state index is 0.319. The van der Waals surface area contributed by atoms with Gasteiger partial charge in [-0.1, -0.05) is 24.3 Å². The van der Waals surface area contributed by atoms with Gasteiger partial charge in [-0.2, -0.15) is 0 Å². The minimum atomic E-state index is -1.00. The second-order valence-electron chi connectivity index (χ2n) is 5.44. The third kappa shape index (κ3) is 2.36. The van der Waals surface area contributed by atoms with Crippen LogP contribution >= 0.6 is 22.6 Å². The zero-order valence-electron chi connectivity index (χ0n) is 11.2. The summed E-state index contributed by atoms with van der Waals surface area (Å²) in [6.07, 6.45) is 2.99. The van der Waals surface area contributed by atoms with Gasteiger partial charge in [0.15, 0.2) is 0 Å². The number of hydrogen-bond acceptors (Lipinski definition) is 3. The molecule has 1 saturated heterocycles. The number of benzene rings is 1. The SMILES string of the molecule is C[C@@]12C=C[C@@H](O1)[C@H](C(=O)O)[C@H]2C(=O)Nc1ccccc1I. The van der Waals surface area contributed by atoms with E-state index in [0.717, 1.165) is 3.57 Å². The molecule has 4 atom stereocenters. The highest BCUT2D eigenvalue weighted by Gasteiger charge is 2.59. The lowest BCUT2D eigenvalue weighted by atomic mass is 9.75. The van der Waals surface area contributed by atoms with E-state index in [0.29, 0.717) is 5.69 Å². The van der Waals surface area contributed by atoms with E-state index in [9.17, 15) is 14.7 Å². The first kappa shape index (κ1) is 14.5. The molecule has 1 fully saturated rings. The smallest absolute Gasteiger partial charge is 0.310 e. The number of carboxylic acids is 1. The average molecular weight is 399 g/mol. The maximum Gasteiger partial charge on any atom is 0.310 e. The summed E-state index contributed by atoms with van der Waals surface area (Å²) in [5.74, 6) is -2.90. The van der Waals surface area contributed by atoms with Crippen LogP contribution < -0.4 is 5.32 Å². The molecule has 2 bridgehead atoms. The van der Waals surface area contributed by atoms with Gasteiger partial charge in [-0.25, -0.2) is 0 Å². The molecule has 1 amide bonds. The number of rotatable bonds is 3. The number of fused-ring (bicyclic) bond motifs is 2. The fraction of sp³-hybridized carbons (Fsp3) is 0.333. The highest BCUT2D eigenvalue weighted by atomic mass is 127. The molecule has 0 spiro atoms. The second kappa shape index (κ2) is 5.10. The first-order valence-corrected chi connectivity index (χ1v) is 7.65. The number of nitrogens with one attached hydrogen (secondary N) is 1. The maximum absolute atomic E-state index is 12.6. The average Bonchev–Trinajstić information content (AvgIpc) is 2.94. The van der Waals surface area contributed by atoms with Crippen LogP contribution in [0, 0.1) is 15.4 Å². The highest BCUT2D eigenvalue weighted by molar-refractivity contribution is 14.1. The van der Waals surface area contributed by atoms with E-state index >= 15 is 0 Å². The zero-order chi connectivity index (χ0) is 15.2. The van der Waals surface area contributed by atoms with Crippen molar-refractivity contribution in [3.63, 3.8) is 0 Å². The van der Waals surface area contributed by atoms with Gasteiger partial charge in [-0.05, 0) is 41.6 Å². The first-order chi connectivity index (χ1) is 9.92. The number of carbonyl (C=O) groups excluding carboxylic acids is 1. The number of anilines is 1. The summed E-state index contributed by atoms with van der Waals surface area (Å²) in [6.45, 7) is 1.76. The van der Waals surface area contributed by atoms with E-state index in [2.05, 4.69) is 27.9 Å².